The molecule has 0 aliphatic carbocycles. The van der Waals surface area contributed by atoms with Crippen molar-refractivity contribution >= 4 is 29.2 Å². The number of aromatic nitrogens is 2. The summed E-state index contributed by atoms with van der Waals surface area (Å²) in [5.74, 6) is 0.594. The van der Waals surface area contributed by atoms with Crippen molar-refractivity contribution in [1.82, 2.24) is 15.3 Å². The lowest BCUT2D eigenvalue weighted by atomic mass is 10.1. The molecule has 5 nitrogen and oxygen atoms in total. The van der Waals surface area contributed by atoms with Crippen LogP contribution in [0.2, 0.25) is 0 Å². The van der Waals surface area contributed by atoms with Gasteiger partial charge in [0.1, 0.15) is 12.1 Å². The van der Waals surface area contributed by atoms with Crippen LogP contribution in [0, 0.1) is 6.92 Å². The summed E-state index contributed by atoms with van der Waals surface area (Å²) in [5, 5.41) is 6.24. The van der Waals surface area contributed by atoms with Gasteiger partial charge in [-0.1, -0.05) is 35.9 Å². The van der Waals surface area contributed by atoms with Gasteiger partial charge in [0, 0.05) is 34.3 Å². The van der Waals surface area contributed by atoms with Gasteiger partial charge < -0.3 is 10.6 Å². The van der Waals surface area contributed by atoms with Gasteiger partial charge in [-0.2, -0.15) is 0 Å². The lowest BCUT2D eigenvalue weighted by Crippen LogP contribution is -2.22. The first-order valence-corrected chi connectivity index (χ1v) is 11.5. The van der Waals surface area contributed by atoms with E-state index in [0.717, 1.165) is 22.5 Å². The highest BCUT2D eigenvalue weighted by molar-refractivity contribution is 7.98. The van der Waals surface area contributed by atoms with Gasteiger partial charge in [0.25, 0.3) is 5.91 Å². The lowest BCUT2D eigenvalue weighted by Gasteiger charge is -2.09. The number of amides is 1. The number of nitrogens with one attached hydrogen (secondary N) is 2. The van der Waals surface area contributed by atoms with E-state index >= 15 is 0 Å². The summed E-state index contributed by atoms with van der Waals surface area (Å²) < 4.78 is 0. The van der Waals surface area contributed by atoms with Crippen molar-refractivity contribution in [1.29, 1.82) is 0 Å². The van der Waals surface area contributed by atoms with E-state index in [0.29, 0.717) is 17.9 Å². The smallest absolute Gasteiger partial charge is 0.251 e. The standard InChI is InChI=1S/C26H24N4OS/c1-18-4-3-5-21(14-18)24-15-25(29-17-28-24)30-22-10-8-20(9-11-22)26(31)27-16-19-6-12-23(32-2)13-7-19/h3-15,17H,16H2,1-2H3,(H,27,31)(H,28,29,30). The molecule has 6 heteroatoms. The van der Waals surface area contributed by atoms with E-state index in [4.69, 9.17) is 0 Å². The van der Waals surface area contributed by atoms with Gasteiger partial charge in [-0.3, -0.25) is 4.79 Å². The molecule has 0 spiro atoms. The molecule has 32 heavy (non-hydrogen) atoms. The van der Waals surface area contributed by atoms with Crippen LogP contribution in [0.15, 0.2) is 90.1 Å². The Labute approximate surface area is 192 Å². The predicted octanol–water partition coefficient (Wildman–Crippen LogP) is 5.85. The quantitative estimate of drug-likeness (QED) is 0.353. The third-order valence-electron chi connectivity index (χ3n) is 5.01. The summed E-state index contributed by atoms with van der Waals surface area (Å²) in [7, 11) is 0. The highest BCUT2D eigenvalue weighted by Gasteiger charge is 2.07. The van der Waals surface area contributed by atoms with Crippen LogP contribution in [-0.2, 0) is 6.54 Å². The maximum atomic E-state index is 12.5. The van der Waals surface area contributed by atoms with Crippen molar-refractivity contribution in [2.75, 3.05) is 11.6 Å². The third kappa shape index (κ3) is 5.53. The highest BCUT2D eigenvalue weighted by atomic mass is 32.2. The molecule has 1 amide bonds. The van der Waals surface area contributed by atoms with Crippen molar-refractivity contribution in [2.24, 2.45) is 0 Å². The summed E-state index contributed by atoms with van der Waals surface area (Å²) in [5.41, 5.74) is 5.62. The van der Waals surface area contributed by atoms with Crippen LogP contribution < -0.4 is 10.6 Å². The van der Waals surface area contributed by atoms with Gasteiger partial charge in [-0.25, -0.2) is 9.97 Å². The van der Waals surface area contributed by atoms with Crippen LogP contribution in [0.5, 0.6) is 0 Å². The molecule has 1 aromatic heterocycles. The van der Waals surface area contributed by atoms with Crippen LogP contribution in [-0.4, -0.2) is 22.1 Å². The minimum absolute atomic E-state index is 0.103. The second-order valence-electron chi connectivity index (χ2n) is 7.39. The molecular formula is C26H24N4OS. The Morgan fingerprint density at radius 1 is 0.938 bits per heavy atom. The average Bonchev–Trinajstić information content (AvgIpc) is 2.83. The molecule has 3 aromatic carbocycles. The molecule has 0 aliphatic heterocycles. The first kappa shape index (κ1) is 21.6. The van der Waals surface area contributed by atoms with E-state index in [1.54, 1.807) is 30.2 Å². The van der Waals surface area contributed by atoms with E-state index in [1.807, 2.05) is 48.7 Å². The largest absolute Gasteiger partial charge is 0.348 e. The number of hydrogen-bond acceptors (Lipinski definition) is 5. The molecule has 4 aromatic rings. The van der Waals surface area contributed by atoms with E-state index in [1.165, 1.54) is 10.5 Å². The maximum Gasteiger partial charge on any atom is 0.251 e. The van der Waals surface area contributed by atoms with E-state index in [-0.39, 0.29) is 5.91 Å². The lowest BCUT2D eigenvalue weighted by molar-refractivity contribution is 0.0951. The fourth-order valence-electron chi connectivity index (χ4n) is 3.27. The molecule has 0 bridgehead atoms. The maximum absolute atomic E-state index is 12.5. The van der Waals surface area contributed by atoms with Crippen molar-refractivity contribution in [2.45, 2.75) is 18.4 Å². The molecule has 0 saturated heterocycles. The molecule has 2 N–H and O–H groups in total. The Bertz CT molecular complexity index is 1210. The zero-order valence-corrected chi connectivity index (χ0v) is 18.8. The van der Waals surface area contributed by atoms with Gasteiger partial charge in [0.2, 0.25) is 0 Å². The van der Waals surface area contributed by atoms with Gasteiger partial charge in [0.15, 0.2) is 0 Å². The van der Waals surface area contributed by atoms with Gasteiger partial charge in [0.05, 0.1) is 5.69 Å². The molecule has 4 rings (SSSR count). The highest BCUT2D eigenvalue weighted by Crippen LogP contribution is 2.22. The van der Waals surface area contributed by atoms with Crippen molar-refractivity contribution in [3.63, 3.8) is 0 Å². The molecular weight excluding hydrogens is 416 g/mol. The topological polar surface area (TPSA) is 66.9 Å². The summed E-state index contributed by atoms with van der Waals surface area (Å²) in [6.45, 7) is 2.55. The van der Waals surface area contributed by atoms with Gasteiger partial charge in [-0.05, 0) is 61.2 Å². The first-order valence-electron chi connectivity index (χ1n) is 10.3. The van der Waals surface area contributed by atoms with Gasteiger partial charge >= 0.3 is 0 Å². The number of anilines is 2. The number of benzene rings is 3. The zero-order valence-electron chi connectivity index (χ0n) is 18.0. The molecule has 0 aliphatic rings. The number of carbonyl (C=O) groups is 1. The third-order valence-corrected chi connectivity index (χ3v) is 5.76. The zero-order chi connectivity index (χ0) is 22.3. The molecule has 0 unspecified atom stereocenters. The molecule has 0 atom stereocenters. The molecule has 1 heterocycles. The molecule has 0 radical (unpaired) electrons. The van der Waals surface area contributed by atoms with E-state index in [2.05, 4.69) is 51.8 Å². The summed E-state index contributed by atoms with van der Waals surface area (Å²) in [4.78, 5) is 22.4. The predicted molar refractivity (Wildman–Crippen MR) is 131 cm³/mol. The SMILES string of the molecule is CSc1ccc(CNC(=O)c2ccc(Nc3cc(-c4cccc(C)c4)ncn3)cc2)cc1. The molecule has 160 valence electrons. The summed E-state index contributed by atoms with van der Waals surface area (Å²) in [6, 6.07) is 25.7. The molecule has 0 fully saturated rings. The second-order valence-corrected chi connectivity index (χ2v) is 8.27. The van der Waals surface area contributed by atoms with Crippen LogP contribution >= 0.6 is 11.8 Å². The number of aryl methyl sites for hydroxylation is 1. The fourth-order valence-corrected chi connectivity index (χ4v) is 3.68. The number of nitrogens with zero attached hydrogens (tertiary/aromatic N) is 2. The van der Waals surface area contributed by atoms with Crippen LogP contribution in [0.1, 0.15) is 21.5 Å². The minimum Gasteiger partial charge on any atom is -0.348 e. The Morgan fingerprint density at radius 2 is 1.72 bits per heavy atom. The Balaban J connectivity index is 1.38. The van der Waals surface area contributed by atoms with E-state index in [9.17, 15) is 4.79 Å². The van der Waals surface area contributed by atoms with Crippen molar-refractivity contribution in [3.05, 3.63) is 102 Å². The Morgan fingerprint density at radius 3 is 2.44 bits per heavy atom. The monoisotopic (exact) mass is 440 g/mol. The first-order chi connectivity index (χ1) is 15.6. The average molecular weight is 441 g/mol. The summed E-state index contributed by atoms with van der Waals surface area (Å²) >= 11 is 1.70. The Hall–Kier alpha value is -3.64. The van der Waals surface area contributed by atoms with Crippen LogP contribution in [0.3, 0.4) is 0 Å². The van der Waals surface area contributed by atoms with Crippen LogP contribution in [0.4, 0.5) is 11.5 Å². The number of thioether (sulfide) groups is 1. The normalized spacial score (nSPS) is 10.6. The van der Waals surface area contributed by atoms with Crippen LogP contribution in [0.25, 0.3) is 11.3 Å². The number of hydrogen-bond donors (Lipinski definition) is 2. The fraction of sp³-hybridized carbons (Fsp3) is 0.115. The van der Waals surface area contributed by atoms with Gasteiger partial charge in [-0.15, -0.1) is 11.8 Å². The van der Waals surface area contributed by atoms with E-state index < -0.39 is 0 Å². The Kier molecular flexibility index (Phi) is 6.82. The van der Waals surface area contributed by atoms with Crippen molar-refractivity contribution in [3.8, 4) is 11.3 Å². The van der Waals surface area contributed by atoms with Crippen molar-refractivity contribution < 1.29 is 4.79 Å². The number of carbonyl (C=O) groups excluding carboxylic acids is 1. The second kappa shape index (κ2) is 10.1. The summed E-state index contributed by atoms with van der Waals surface area (Å²) in [6.07, 6.45) is 3.59. The molecule has 0 saturated carbocycles. The minimum atomic E-state index is -0.103. The number of rotatable bonds is 7.